The van der Waals surface area contributed by atoms with Crippen LogP contribution in [0.3, 0.4) is 0 Å². The Morgan fingerprint density at radius 1 is 1.30 bits per heavy atom. The summed E-state index contributed by atoms with van der Waals surface area (Å²) >= 11 is 4.96. The van der Waals surface area contributed by atoms with Gasteiger partial charge in [-0.2, -0.15) is 0 Å². The molecule has 46 heavy (non-hydrogen) atoms. The molecule has 242 valence electrons. The number of aromatic nitrogens is 1. The average Bonchev–Trinajstić information content (AvgIpc) is 3.49. The van der Waals surface area contributed by atoms with E-state index >= 15 is 0 Å². The number of thiazole rings is 1. The molecular formula is C28H27FN6O7S4. The number of ether oxygens (including phenoxy) is 1. The number of nitrogen functional groups attached to an aromatic ring is 1. The molecule has 3 saturated heterocycles. The van der Waals surface area contributed by atoms with Crippen LogP contribution in [0.4, 0.5) is 15.2 Å². The van der Waals surface area contributed by atoms with Gasteiger partial charge < -0.3 is 35.5 Å². The number of β-lactam (4-membered cyclic amide) rings is 1. The van der Waals surface area contributed by atoms with Crippen molar-refractivity contribution in [2.24, 2.45) is 10.6 Å². The zero-order chi connectivity index (χ0) is 32.4. The first-order valence-electron chi connectivity index (χ1n) is 13.9. The second-order valence-corrected chi connectivity index (χ2v) is 14.7. The maximum absolute atomic E-state index is 13.1. The number of oxime groups is 1. The number of nitrogens with one attached hydrogen (secondary N) is 1. The second kappa shape index (κ2) is 13.6. The van der Waals surface area contributed by atoms with Gasteiger partial charge in [0, 0.05) is 52.6 Å². The van der Waals surface area contributed by atoms with Gasteiger partial charge in [-0.1, -0.05) is 23.0 Å². The van der Waals surface area contributed by atoms with Crippen molar-refractivity contribution in [3.8, 4) is 0 Å². The minimum atomic E-state index is -1.39. The molecule has 13 nitrogen and oxygen atoms in total. The standard InChI is InChI=1S/C28H27FN6O7S4/c29-14-42-33-21(17-11-44-27(30)31-17)23(37)32-22-24(38)35-12-28(26(39)40,13-45-25(22)35)3-8-43-20-10-18(36)16-2-1-15(9-19(16)46-20)34-4-6-41-7-5-34/h1-3,8-11,22,25H,4-7,12-14H2,(H2,30,31)(H,32,37)(H,39,40)/t22?,25-,28?/m1/s1. The number of nitrogens with two attached hydrogens (primary N) is 1. The van der Waals surface area contributed by atoms with Gasteiger partial charge >= 0.3 is 5.97 Å². The molecular weight excluding hydrogens is 680 g/mol. The molecule has 6 rings (SSSR count). The summed E-state index contributed by atoms with van der Waals surface area (Å²) < 4.78 is 19.6. The average molecular weight is 707 g/mol. The fraction of sp³-hybridized carbons (Fsp3) is 0.357. The quantitative estimate of drug-likeness (QED) is 0.122. The Hall–Kier alpha value is -3.71. The number of carboxylic acids is 1. The lowest BCUT2D eigenvalue weighted by atomic mass is 9.87. The molecule has 0 spiro atoms. The topological polar surface area (TPSA) is 177 Å². The van der Waals surface area contributed by atoms with Crippen LogP contribution in [0.5, 0.6) is 0 Å². The van der Waals surface area contributed by atoms with E-state index in [-0.39, 0.29) is 34.3 Å². The number of rotatable bonds is 10. The van der Waals surface area contributed by atoms with Crippen LogP contribution in [-0.4, -0.2) is 95.4 Å². The van der Waals surface area contributed by atoms with E-state index in [1.807, 2.05) is 18.2 Å². The van der Waals surface area contributed by atoms with Crippen LogP contribution in [0.15, 0.2) is 55.3 Å². The summed E-state index contributed by atoms with van der Waals surface area (Å²) in [6, 6.07) is 6.36. The van der Waals surface area contributed by atoms with E-state index in [0.717, 1.165) is 34.8 Å². The molecule has 5 heterocycles. The highest BCUT2D eigenvalue weighted by molar-refractivity contribution is 8.04. The molecule has 3 aliphatic heterocycles. The van der Waals surface area contributed by atoms with Crippen molar-refractivity contribution in [3.05, 3.63) is 57.0 Å². The van der Waals surface area contributed by atoms with Gasteiger partial charge in [-0.25, -0.2) is 9.37 Å². The summed E-state index contributed by atoms with van der Waals surface area (Å²) in [5.74, 6) is -2.25. The number of morpholine rings is 1. The zero-order valence-corrected chi connectivity index (χ0v) is 27.2. The fourth-order valence-electron chi connectivity index (χ4n) is 5.22. The van der Waals surface area contributed by atoms with E-state index in [1.165, 1.54) is 51.2 Å². The first-order chi connectivity index (χ1) is 22.2. The molecule has 0 saturated carbocycles. The number of hydrogen-bond acceptors (Lipinski definition) is 14. The van der Waals surface area contributed by atoms with E-state index in [9.17, 15) is 28.7 Å². The highest BCUT2D eigenvalue weighted by atomic mass is 32.2. The minimum absolute atomic E-state index is 0.0647. The van der Waals surface area contributed by atoms with Crippen LogP contribution in [0, 0.1) is 5.41 Å². The van der Waals surface area contributed by atoms with Gasteiger partial charge in [-0.3, -0.25) is 19.2 Å². The second-order valence-electron chi connectivity index (χ2n) is 10.5. The molecule has 3 aromatic rings. The van der Waals surface area contributed by atoms with Gasteiger partial charge in [0.15, 0.2) is 16.3 Å². The van der Waals surface area contributed by atoms with Crippen molar-refractivity contribution in [3.63, 3.8) is 0 Å². The molecule has 3 atom stereocenters. The summed E-state index contributed by atoms with van der Waals surface area (Å²) in [5, 5.41) is 19.6. The van der Waals surface area contributed by atoms with Crippen molar-refractivity contribution < 1.29 is 33.5 Å². The number of fused-ring (bicyclic) bond motifs is 2. The highest BCUT2D eigenvalue weighted by Gasteiger charge is 2.57. The highest BCUT2D eigenvalue weighted by Crippen LogP contribution is 2.44. The number of amides is 2. The number of benzene rings is 1. The maximum atomic E-state index is 13.1. The van der Waals surface area contributed by atoms with Crippen LogP contribution < -0.4 is 21.4 Å². The predicted molar refractivity (Wildman–Crippen MR) is 176 cm³/mol. The lowest BCUT2D eigenvalue weighted by Gasteiger charge is -2.53. The number of carbonyl (C=O) groups is 3. The lowest BCUT2D eigenvalue weighted by molar-refractivity contribution is -0.156. The lowest BCUT2D eigenvalue weighted by Crippen LogP contribution is -2.73. The summed E-state index contributed by atoms with van der Waals surface area (Å²) in [6.45, 7) is 1.46. The Morgan fingerprint density at radius 2 is 2.11 bits per heavy atom. The number of alkyl halides is 1. The molecule has 0 aliphatic carbocycles. The molecule has 3 aliphatic rings. The zero-order valence-electron chi connectivity index (χ0n) is 23.9. The monoisotopic (exact) mass is 706 g/mol. The van der Waals surface area contributed by atoms with E-state index in [0.29, 0.717) is 22.8 Å². The predicted octanol–water partition coefficient (Wildman–Crippen LogP) is 2.56. The number of carbonyl (C=O) groups excluding carboxylic acids is 2. The van der Waals surface area contributed by atoms with Crippen molar-refractivity contribution in [2.45, 2.75) is 15.6 Å². The number of aliphatic carboxylic acids is 1. The first-order valence-corrected chi connectivity index (χ1v) is 17.5. The van der Waals surface area contributed by atoms with Crippen LogP contribution >= 0.6 is 46.2 Å². The SMILES string of the molecule is Nc1nc(C(=NOCF)C(=O)NC2C(=O)N3CC(C=CSc4cc(=O)c5ccc(N6CCOCC6)cc5s4)(C(=O)O)CS[C@H]23)cs1. The Balaban J connectivity index is 1.13. The Bertz CT molecular complexity index is 1790. The summed E-state index contributed by atoms with van der Waals surface area (Å²) in [7, 11) is 0. The van der Waals surface area contributed by atoms with E-state index < -0.39 is 41.5 Å². The first kappa shape index (κ1) is 32.2. The number of halogens is 1. The third-order valence-corrected chi connectivity index (χ3v) is 11.9. The Kier molecular flexibility index (Phi) is 9.51. The van der Waals surface area contributed by atoms with Gasteiger partial charge in [-0.15, -0.1) is 34.4 Å². The van der Waals surface area contributed by atoms with E-state index in [4.69, 9.17) is 10.5 Å². The Morgan fingerprint density at radius 3 is 2.83 bits per heavy atom. The third kappa shape index (κ3) is 6.44. The Labute approximate surface area is 277 Å². The summed E-state index contributed by atoms with van der Waals surface area (Å²) in [5.41, 5.74) is 4.87. The molecule has 2 unspecified atom stereocenters. The van der Waals surface area contributed by atoms with Crippen LogP contribution in [-0.2, 0) is 24.0 Å². The van der Waals surface area contributed by atoms with Gasteiger partial charge in [0.1, 0.15) is 22.5 Å². The largest absolute Gasteiger partial charge is 0.481 e. The van der Waals surface area contributed by atoms with Crippen molar-refractivity contribution in [1.29, 1.82) is 0 Å². The van der Waals surface area contributed by atoms with Crippen molar-refractivity contribution >= 4 is 90.6 Å². The molecule has 4 N–H and O–H groups in total. The maximum Gasteiger partial charge on any atom is 0.316 e. The minimum Gasteiger partial charge on any atom is -0.481 e. The molecule has 2 aromatic heterocycles. The van der Waals surface area contributed by atoms with Crippen LogP contribution in [0.25, 0.3) is 10.1 Å². The van der Waals surface area contributed by atoms with Gasteiger partial charge in [0.2, 0.25) is 5.91 Å². The summed E-state index contributed by atoms with van der Waals surface area (Å²) in [4.78, 5) is 63.4. The summed E-state index contributed by atoms with van der Waals surface area (Å²) in [6.07, 6.45) is 1.56. The molecule has 1 aromatic carbocycles. The van der Waals surface area contributed by atoms with Gasteiger partial charge in [0.25, 0.3) is 12.8 Å². The number of thioether (sulfide) groups is 2. The fourth-order valence-corrected chi connectivity index (χ4v) is 9.39. The number of hydrogen-bond donors (Lipinski definition) is 3. The van der Waals surface area contributed by atoms with Gasteiger partial charge in [0.05, 0.1) is 17.4 Å². The van der Waals surface area contributed by atoms with Crippen molar-refractivity contribution in [2.75, 3.05) is 56.1 Å². The van der Waals surface area contributed by atoms with E-state index in [1.54, 1.807) is 11.5 Å². The normalized spacial score (nSPS) is 23.3. The van der Waals surface area contributed by atoms with Crippen LogP contribution in [0.1, 0.15) is 5.69 Å². The molecule has 0 bridgehead atoms. The van der Waals surface area contributed by atoms with Gasteiger partial charge in [-0.05, 0) is 23.6 Å². The van der Waals surface area contributed by atoms with Crippen molar-refractivity contribution in [1.82, 2.24) is 15.2 Å². The third-order valence-electron chi connectivity index (χ3n) is 7.64. The number of anilines is 2. The molecule has 18 heteroatoms. The molecule has 3 fully saturated rings. The van der Waals surface area contributed by atoms with Crippen LogP contribution in [0.2, 0.25) is 0 Å². The molecule has 2 amide bonds. The number of carboxylic acid groups (broad SMARTS) is 1. The molecule has 0 radical (unpaired) electrons. The number of nitrogens with zero attached hydrogens (tertiary/aromatic N) is 4. The van der Waals surface area contributed by atoms with E-state index in [2.05, 4.69) is 25.2 Å². The smallest absolute Gasteiger partial charge is 0.316 e.